The molecule has 40 heavy (non-hydrogen) atoms. The number of benzene rings is 5. The van der Waals surface area contributed by atoms with Gasteiger partial charge in [0.15, 0.2) is 5.82 Å². The Bertz CT molecular complexity index is 1880. The molecule has 5 aromatic carbocycles. The monoisotopic (exact) mass is 523 g/mol. The number of rotatable bonds is 6. The molecule has 1 heterocycles. The first kappa shape index (κ1) is 26.0. The number of fused-ring (bicyclic) bond motifs is 4. The van der Waals surface area contributed by atoms with Gasteiger partial charge in [0, 0.05) is 16.6 Å². The van der Waals surface area contributed by atoms with Crippen LogP contribution >= 0.6 is 0 Å². The molecule has 1 aromatic heterocycles. The molecule has 2 heteroatoms. The molecule has 0 fully saturated rings. The Morgan fingerprint density at radius 1 is 0.675 bits per heavy atom. The Morgan fingerprint density at radius 3 is 2.12 bits per heavy atom. The van der Waals surface area contributed by atoms with Crippen molar-refractivity contribution < 1.29 is 4.39 Å². The van der Waals surface area contributed by atoms with Gasteiger partial charge in [-0.25, -0.2) is 9.37 Å². The summed E-state index contributed by atoms with van der Waals surface area (Å²) in [6, 6.07) is 34.2. The molecule has 1 nitrogen and oxygen atoms in total. The quantitative estimate of drug-likeness (QED) is 0.198. The van der Waals surface area contributed by atoms with Crippen LogP contribution in [0.1, 0.15) is 51.3 Å². The number of halogens is 1. The van der Waals surface area contributed by atoms with Crippen LogP contribution in [0.15, 0.2) is 103 Å². The Balaban J connectivity index is 1.40. The van der Waals surface area contributed by atoms with E-state index >= 15 is 4.39 Å². The van der Waals surface area contributed by atoms with Gasteiger partial charge in [0.2, 0.25) is 0 Å². The summed E-state index contributed by atoms with van der Waals surface area (Å²) < 4.78 is 15.7. The highest BCUT2D eigenvalue weighted by molar-refractivity contribution is 6.08. The average molecular weight is 524 g/mol. The lowest BCUT2D eigenvalue weighted by atomic mass is 9.94. The topological polar surface area (TPSA) is 12.9 Å². The number of allylic oxidation sites excluding steroid dienone is 1. The van der Waals surface area contributed by atoms with Crippen LogP contribution in [0.3, 0.4) is 0 Å². The zero-order valence-corrected chi connectivity index (χ0v) is 23.6. The van der Waals surface area contributed by atoms with E-state index in [0.717, 1.165) is 34.2 Å². The smallest absolute Gasteiger partial charge is 0.156 e. The van der Waals surface area contributed by atoms with Crippen molar-refractivity contribution >= 4 is 38.5 Å². The zero-order chi connectivity index (χ0) is 27.8. The number of nitrogens with zero attached hydrogens (tertiary/aromatic N) is 1. The summed E-state index contributed by atoms with van der Waals surface area (Å²) in [5.74, 6) is 0.478. The highest BCUT2D eigenvalue weighted by Gasteiger charge is 2.15. The second kappa shape index (κ2) is 10.7. The van der Waals surface area contributed by atoms with E-state index in [1.54, 1.807) is 0 Å². The van der Waals surface area contributed by atoms with Crippen molar-refractivity contribution in [2.75, 3.05) is 0 Å². The van der Waals surface area contributed by atoms with Gasteiger partial charge in [-0.1, -0.05) is 125 Å². The van der Waals surface area contributed by atoms with Gasteiger partial charge in [-0.15, -0.1) is 0 Å². The van der Waals surface area contributed by atoms with Crippen LogP contribution in [-0.4, -0.2) is 4.98 Å². The molecule has 0 aliphatic carbocycles. The second-order valence-corrected chi connectivity index (χ2v) is 11.4. The summed E-state index contributed by atoms with van der Waals surface area (Å²) in [5.41, 5.74) is 6.35. The standard InChI is InChI=1S/C38H34FN/c1-24(2)8-7-10-29-18-21-34-35(23-36(25(3)4)40-38(34)37(29)39)28-14-12-26(13-15-28)30-19-20-33-31(22-30)17-16-27-9-5-6-11-32(27)33/h5-7,9-25H,8H2,1-4H3/b10-7-. The molecule has 198 valence electrons. The first-order chi connectivity index (χ1) is 19.4. The molecule has 0 saturated carbocycles. The van der Waals surface area contributed by atoms with Crippen molar-refractivity contribution in [2.45, 2.75) is 40.0 Å². The summed E-state index contributed by atoms with van der Waals surface area (Å²) in [5, 5.41) is 5.87. The van der Waals surface area contributed by atoms with E-state index < -0.39 is 0 Å². The van der Waals surface area contributed by atoms with Gasteiger partial charge in [0.25, 0.3) is 0 Å². The molecule has 0 saturated heterocycles. The number of hydrogen-bond donors (Lipinski definition) is 0. The lowest BCUT2D eigenvalue weighted by Gasteiger charge is -2.14. The van der Waals surface area contributed by atoms with E-state index in [-0.39, 0.29) is 11.7 Å². The largest absolute Gasteiger partial charge is 0.249 e. The first-order valence-corrected chi connectivity index (χ1v) is 14.2. The van der Waals surface area contributed by atoms with Crippen LogP contribution in [0.5, 0.6) is 0 Å². The normalized spacial score (nSPS) is 12.1. The van der Waals surface area contributed by atoms with E-state index in [2.05, 4.69) is 119 Å². The summed E-state index contributed by atoms with van der Waals surface area (Å²) in [6.07, 6.45) is 4.86. The molecule has 0 amide bonds. The number of hydrogen-bond acceptors (Lipinski definition) is 1. The average Bonchev–Trinajstić information content (AvgIpc) is 2.97. The molecule has 0 aliphatic rings. The zero-order valence-electron chi connectivity index (χ0n) is 23.6. The summed E-state index contributed by atoms with van der Waals surface area (Å²) in [4.78, 5) is 4.77. The van der Waals surface area contributed by atoms with Gasteiger partial charge in [-0.05, 0) is 74.2 Å². The Morgan fingerprint density at radius 2 is 1.35 bits per heavy atom. The van der Waals surface area contributed by atoms with Gasteiger partial charge in [0.05, 0.1) is 0 Å². The SMILES string of the molecule is CC(C)C/C=C\c1ccc2c(-c3ccc(-c4ccc5c(ccc6ccccc65)c4)cc3)cc(C(C)C)nc2c1F. The highest BCUT2D eigenvalue weighted by Crippen LogP contribution is 2.35. The van der Waals surface area contributed by atoms with E-state index in [1.807, 2.05) is 18.2 Å². The molecule has 6 aromatic rings. The molecule has 0 radical (unpaired) electrons. The molecule has 0 unspecified atom stereocenters. The number of aromatic nitrogens is 1. The third-order valence-corrected chi connectivity index (χ3v) is 7.74. The van der Waals surface area contributed by atoms with E-state index in [1.165, 1.54) is 27.1 Å². The Hall–Kier alpha value is -4.30. The van der Waals surface area contributed by atoms with Crippen LogP contribution in [-0.2, 0) is 0 Å². The number of pyridine rings is 1. The van der Waals surface area contributed by atoms with E-state index in [4.69, 9.17) is 4.98 Å². The lowest BCUT2D eigenvalue weighted by Crippen LogP contribution is -1.98. The Kier molecular flexibility index (Phi) is 6.94. The van der Waals surface area contributed by atoms with Crippen LogP contribution < -0.4 is 0 Å². The van der Waals surface area contributed by atoms with Gasteiger partial charge >= 0.3 is 0 Å². The summed E-state index contributed by atoms with van der Waals surface area (Å²) in [7, 11) is 0. The van der Waals surface area contributed by atoms with Gasteiger partial charge < -0.3 is 0 Å². The van der Waals surface area contributed by atoms with Gasteiger partial charge in [0.1, 0.15) is 5.52 Å². The molecule has 0 aliphatic heterocycles. The second-order valence-electron chi connectivity index (χ2n) is 11.4. The van der Waals surface area contributed by atoms with Crippen molar-refractivity contribution in [3.63, 3.8) is 0 Å². The van der Waals surface area contributed by atoms with Crippen molar-refractivity contribution in [1.29, 1.82) is 0 Å². The first-order valence-electron chi connectivity index (χ1n) is 14.2. The van der Waals surface area contributed by atoms with E-state index in [9.17, 15) is 0 Å². The fraction of sp³-hybridized carbons (Fsp3) is 0.184. The van der Waals surface area contributed by atoms with Crippen molar-refractivity contribution in [1.82, 2.24) is 4.98 Å². The molecular formula is C38H34FN. The van der Waals surface area contributed by atoms with Gasteiger partial charge in [-0.3, -0.25) is 0 Å². The molecule has 0 spiro atoms. The molecule has 0 bridgehead atoms. The van der Waals surface area contributed by atoms with Crippen LogP contribution in [0, 0.1) is 11.7 Å². The van der Waals surface area contributed by atoms with Crippen LogP contribution in [0.25, 0.3) is 60.8 Å². The van der Waals surface area contributed by atoms with Crippen molar-refractivity contribution in [3.8, 4) is 22.3 Å². The fourth-order valence-corrected chi connectivity index (χ4v) is 5.46. The maximum absolute atomic E-state index is 15.7. The van der Waals surface area contributed by atoms with Crippen molar-refractivity contribution in [2.24, 2.45) is 5.92 Å². The predicted molar refractivity (Wildman–Crippen MR) is 170 cm³/mol. The molecule has 0 N–H and O–H groups in total. The van der Waals surface area contributed by atoms with Crippen molar-refractivity contribution in [3.05, 3.63) is 120 Å². The fourth-order valence-electron chi connectivity index (χ4n) is 5.46. The summed E-state index contributed by atoms with van der Waals surface area (Å²) >= 11 is 0. The third-order valence-electron chi connectivity index (χ3n) is 7.74. The molecular weight excluding hydrogens is 489 g/mol. The summed E-state index contributed by atoms with van der Waals surface area (Å²) in [6.45, 7) is 8.54. The molecule has 0 atom stereocenters. The van der Waals surface area contributed by atoms with Crippen LogP contribution in [0.4, 0.5) is 4.39 Å². The Labute approximate surface area is 236 Å². The maximum Gasteiger partial charge on any atom is 0.156 e. The lowest BCUT2D eigenvalue weighted by molar-refractivity contribution is 0.632. The minimum atomic E-state index is -0.249. The third kappa shape index (κ3) is 4.91. The molecule has 6 rings (SSSR count). The highest BCUT2D eigenvalue weighted by atomic mass is 19.1. The van der Waals surface area contributed by atoms with Crippen LogP contribution in [0.2, 0.25) is 0 Å². The maximum atomic E-state index is 15.7. The minimum Gasteiger partial charge on any atom is -0.249 e. The minimum absolute atomic E-state index is 0.190. The predicted octanol–water partition coefficient (Wildman–Crippen LogP) is 11.2. The van der Waals surface area contributed by atoms with E-state index in [0.29, 0.717) is 17.0 Å². The van der Waals surface area contributed by atoms with Gasteiger partial charge in [-0.2, -0.15) is 0 Å².